The second-order valence-electron chi connectivity index (χ2n) is 7.75. The molecule has 1 saturated heterocycles. The van der Waals surface area contributed by atoms with E-state index in [4.69, 9.17) is 15.2 Å². The smallest absolute Gasteiger partial charge is 0.326 e. The van der Waals surface area contributed by atoms with Crippen LogP contribution in [0.5, 0.6) is 0 Å². The minimum absolute atomic E-state index is 0.0946. The molecule has 1 rings (SSSR count). The van der Waals surface area contributed by atoms with Crippen LogP contribution in [0.25, 0.3) is 0 Å². The van der Waals surface area contributed by atoms with Gasteiger partial charge in [-0.15, -0.1) is 0 Å². The molecule has 184 valence electrons. The number of ether oxygens (including phenoxy) is 2. The summed E-state index contributed by atoms with van der Waals surface area (Å²) in [6, 6.07) is -3.57. The van der Waals surface area contributed by atoms with Crippen molar-refractivity contribution in [3.63, 3.8) is 0 Å². The predicted molar refractivity (Wildman–Crippen MR) is 108 cm³/mol. The quantitative estimate of drug-likeness (QED) is 0.160. The Kier molecular flexibility index (Phi) is 11.1. The molecule has 13 nitrogen and oxygen atoms in total. The number of carbonyl (C=O) groups excluding carboxylic acids is 3. The molecule has 0 aromatic rings. The molecule has 0 aliphatic carbocycles. The summed E-state index contributed by atoms with van der Waals surface area (Å²) >= 11 is 0. The average molecular weight is 463 g/mol. The SMILES string of the molecule is CC(=O)N[C@@H]1[C@@H](OC(C)CN(C(=O)[C@H](C)N)[C@H](CCC=O)C(=O)O)[C@H](O)[C@@H](CO)O[C@@H]1O. The third-order valence-corrected chi connectivity index (χ3v) is 4.98. The maximum absolute atomic E-state index is 12.6. The van der Waals surface area contributed by atoms with Crippen LogP contribution in [0.2, 0.25) is 0 Å². The van der Waals surface area contributed by atoms with E-state index in [2.05, 4.69) is 5.32 Å². The minimum atomic E-state index is -1.60. The number of carbonyl (C=O) groups is 4. The van der Waals surface area contributed by atoms with E-state index < -0.39 is 73.2 Å². The third-order valence-electron chi connectivity index (χ3n) is 4.98. The van der Waals surface area contributed by atoms with Crippen molar-refractivity contribution in [2.24, 2.45) is 5.73 Å². The molecular formula is C19H33N3O10. The Morgan fingerprint density at radius 2 is 1.91 bits per heavy atom. The molecule has 0 aromatic heterocycles. The molecule has 7 N–H and O–H groups in total. The Morgan fingerprint density at radius 1 is 1.28 bits per heavy atom. The summed E-state index contributed by atoms with van der Waals surface area (Å²) in [6.45, 7) is 3.16. The van der Waals surface area contributed by atoms with Crippen molar-refractivity contribution in [1.29, 1.82) is 0 Å². The number of nitrogens with two attached hydrogens (primary N) is 1. The number of aliphatic carboxylic acids is 1. The zero-order valence-corrected chi connectivity index (χ0v) is 18.3. The number of aliphatic hydroxyl groups is 3. The number of hydrogen-bond acceptors (Lipinski definition) is 10. The molecule has 0 aromatic carbocycles. The Morgan fingerprint density at radius 3 is 2.38 bits per heavy atom. The molecule has 32 heavy (non-hydrogen) atoms. The fourth-order valence-corrected chi connectivity index (χ4v) is 3.49. The van der Waals surface area contributed by atoms with Crippen LogP contribution in [0.3, 0.4) is 0 Å². The summed E-state index contributed by atoms with van der Waals surface area (Å²) in [5.74, 6) is -2.55. The molecule has 13 heteroatoms. The molecule has 2 amide bonds. The van der Waals surface area contributed by atoms with Crippen LogP contribution >= 0.6 is 0 Å². The van der Waals surface area contributed by atoms with Gasteiger partial charge in [0.1, 0.15) is 36.7 Å². The van der Waals surface area contributed by atoms with Crippen molar-refractivity contribution < 1.29 is 49.1 Å². The average Bonchev–Trinajstić information content (AvgIpc) is 2.71. The van der Waals surface area contributed by atoms with Crippen LogP contribution in [0.1, 0.15) is 33.6 Å². The van der Waals surface area contributed by atoms with Crippen molar-refractivity contribution in [2.75, 3.05) is 13.2 Å². The van der Waals surface area contributed by atoms with Crippen molar-refractivity contribution >= 4 is 24.1 Å². The zero-order valence-electron chi connectivity index (χ0n) is 18.3. The number of aldehydes is 1. The number of rotatable bonds is 12. The maximum atomic E-state index is 12.6. The number of carboxylic acid groups (broad SMARTS) is 1. The number of aliphatic hydroxyl groups excluding tert-OH is 3. The van der Waals surface area contributed by atoms with Crippen molar-refractivity contribution in [3.8, 4) is 0 Å². The van der Waals surface area contributed by atoms with E-state index in [1.165, 1.54) is 20.8 Å². The highest BCUT2D eigenvalue weighted by Crippen LogP contribution is 2.24. The van der Waals surface area contributed by atoms with Gasteiger partial charge >= 0.3 is 5.97 Å². The van der Waals surface area contributed by atoms with E-state index in [9.17, 15) is 39.6 Å². The van der Waals surface area contributed by atoms with Crippen molar-refractivity contribution in [1.82, 2.24) is 10.2 Å². The second kappa shape index (κ2) is 12.8. The lowest BCUT2D eigenvalue weighted by Crippen LogP contribution is -2.65. The van der Waals surface area contributed by atoms with Gasteiger partial charge < -0.3 is 50.6 Å². The molecule has 1 unspecified atom stereocenters. The summed E-state index contributed by atoms with van der Waals surface area (Å²) in [5, 5.41) is 42.1. The summed E-state index contributed by atoms with van der Waals surface area (Å²) in [6.07, 6.45) is -6.10. The van der Waals surface area contributed by atoms with Crippen LogP contribution in [0.4, 0.5) is 0 Å². The third kappa shape index (κ3) is 7.46. The largest absolute Gasteiger partial charge is 0.480 e. The molecule has 0 bridgehead atoms. The molecule has 1 heterocycles. The topological polar surface area (TPSA) is 209 Å². The monoisotopic (exact) mass is 463 g/mol. The van der Waals surface area contributed by atoms with Gasteiger partial charge in [-0.05, 0) is 20.3 Å². The first-order valence-corrected chi connectivity index (χ1v) is 10.2. The Bertz CT molecular complexity index is 661. The zero-order chi connectivity index (χ0) is 24.6. The van der Waals surface area contributed by atoms with Gasteiger partial charge in [0.25, 0.3) is 0 Å². The van der Waals surface area contributed by atoms with Crippen LogP contribution in [0, 0.1) is 0 Å². The van der Waals surface area contributed by atoms with E-state index in [0.29, 0.717) is 6.29 Å². The lowest BCUT2D eigenvalue weighted by atomic mass is 9.96. The molecule has 8 atom stereocenters. The van der Waals surface area contributed by atoms with Gasteiger partial charge in [-0.2, -0.15) is 0 Å². The van der Waals surface area contributed by atoms with E-state index in [0.717, 1.165) is 4.90 Å². The van der Waals surface area contributed by atoms with E-state index in [-0.39, 0.29) is 19.4 Å². The number of nitrogens with one attached hydrogen (secondary N) is 1. The molecule has 0 spiro atoms. The van der Waals surface area contributed by atoms with Gasteiger partial charge in [0, 0.05) is 19.9 Å². The normalized spacial score (nSPS) is 28.3. The van der Waals surface area contributed by atoms with Gasteiger partial charge in [0.2, 0.25) is 11.8 Å². The van der Waals surface area contributed by atoms with Gasteiger partial charge in [-0.25, -0.2) is 4.79 Å². The number of amides is 2. The van der Waals surface area contributed by atoms with Crippen molar-refractivity contribution in [3.05, 3.63) is 0 Å². The standard InChI is InChI=1S/C19H33N3O10/c1-9(7-22(17(27)10(2)20)12(18(28)29)5-4-6-23)31-16-14(21-11(3)25)19(30)32-13(8-24)15(16)26/h6,9-10,12-16,19,24,26,30H,4-5,7-8,20H2,1-3H3,(H,21,25)(H,28,29)/t9?,10-,12+,13+,14+,15+,16+,19-/m0/s1. The molecule has 1 aliphatic heterocycles. The van der Waals surface area contributed by atoms with E-state index >= 15 is 0 Å². The minimum Gasteiger partial charge on any atom is -0.480 e. The summed E-state index contributed by atoms with van der Waals surface area (Å²) in [4.78, 5) is 47.6. The Labute approximate surface area is 185 Å². The molecule has 0 radical (unpaired) electrons. The summed E-state index contributed by atoms with van der Waals surface area (Å²) in [7, 11) is 0. The van der Waals surface area contributed by atoms with E-state index in [1.54, 1.807) is 0 Å². The van der Waals surface area contributed by atoms with Crippen LogP contribution in [-0.4, -0.2) is 111 Å². The first kappa shape index (κ1) is 27.9. The highest BCUT2D eigenvalue weighted by molar-refractivity contribution is 5.86. The number of hydrogen-bond donors (Lipinski definition) is 6. The summed E-state index contributed by atoms with van der Waals surface area (Å²) in [5.41, 5.74) is 5.66. The highest BCUT2D eigenvalue weighted by Gasteiger charge is 2.46. The number of carboxylic acids is 1. The van der Waals surface area contributed by atoms with Crippen LogP contribution in [0.15, 0.2) is 0 Å². The highest BCUT2D eigenvalue weighted by atomic mass is 16.6. The van der Waals surface area contributed by atoms with Gasteiger partial charge in [-0.3, -0.25) is 9.59 Å². The molecule has 0 saturated carbocycles. The fourth-order valence-electron chi connectivity index (χ4n) is 3.49. The first-order valence-electron chi connectivity index (χ1n) is 10.2. The predicted octanol–water partition coefficient (Wildman–Crippen LogP) is -3.06. The summed E-state index contributed by atoms with van der Waals surface area (Å²) < 4.78 is 10.9. The van der Waals surface area contributed by atoms with E-state index in [1.807, 2.05) is 0 Å². The van der Waals surface area contributed by atoms with Gasteiger partial charge in [-0.1, -0.05) is 0 Å². The first-order chi connectivity index (χ1) is 14.9. The number of nitrogens with zero attached hydrogens (tertiary/aromatic N) is 1. The molecular weight excluding hydrogens is 430 g/mol. The lowest BCUT2D eigenvalue weighted by molar-refractivity contribution is -0.268. The Balaban J connectivity index is 3.11. The fraction of sp³-hybridized carbons (Fsp3) is 0.789. The van der Waals surface area contributed by atoms with Crippen molar-refractivity contribution in [2.45, 2.75) is 82.4 Å². The lowest BCUT2D eigenvalue weighted by Gasteiger charge is -2.44. The Hall–Kier alpha value is -2.16. The second-order valence-corrected chi connectivity index (χ2v) is 7.75. The van der Waals surface area contributed by atoms with Crippen LogP contribution in [-0.2, 0) is 28.7 Å². The molecule has 1 aliphatic rings. The van der Waals surface area contributed by atoms with Gasteiger partial charge in [0.15, 0.2) is 6.29 Å². The maximum Gasteiger partial charge on any atom is 0.326 e. The van der Waals surface area contributed by atoms with Gasteiger partial charge in [0.05, 0.1) is 18.8 Å². The molecule has 1 fully saturated rings. The van der Waals surface area contributed by atoms with Crippen LogP contribution < -0.4 is 11.1 Å².